The van der Waals surface area contributed by atoms with E-state index in [2.05, 4.69) is 28.2 Å². The van der Waals surface area contributed by atoms with Crippen molar-refractivity contribution >= 4 is 15.9 Å². The topological polar surface area (TPSA) is 44.3 Å². The maximum absolute atomic E-state index is 5.65. The molecule has 0 spiro atoms. The number of benzene rings is 1. The second-order valence-electron chi connectivity index (χ2n) is 4.61. The maximum Gasteiger partial charge on any atom is 0.133 e. The SMILES string of the molecule is COCCC[NH2+]CCOCCOc1ccc(C)cc1Br. The molecule has 0 atom stereocenters. The van der Waals surface area contributed by atoms with Gasteiger partial charge in [0, 0.05) is 13.5 Å². The van der Waals surface area contributed by atoms with Gasteiger partial charge in [0.15, 0.2) is 0 Å². The second-order valence-corrected chi connectivity index (χ2v) is 5.46. The summed E-state index contributed by atoms with van der Waals surface area (Å²) in [7, 11) is 1.73. The highest BCUT2D eigenvalue weighted by atomic mass is 79.9. The van der Waals surface area contributed by atoms with Gasteiger partial charge in [-0.1, -0.05) is 6.07 Å². The van der Waals surface area contributed by atoms with E-state index in [1.54, 1.807) is 7.11 Å². The Morgan fingerprint density at radius 3 is 2.70 bits per heavy atom. The third kappa shape index (κ3) is 7.85. The molecule has 0 fully saturated rings. The van der Waals surface area contributed by atoms with Crippen molar-refractivity contribution in [2.45, 2.75) is 13.3 Å². The van der Waals surface area contributed by atoms with Crippen LogP contribution in [-0.4, -0.2) is 46.6 Å². The molecular weight excluding hydrogens is 322 g/mol. The van der Waals surface area contributed by atoms with E-state index in [0.717, 1.165) is 42.9 Å². The predicted molar refractivity (Wildman–Crippen MR) is 83.3 cm³/mol. The number of nitrogens with two attached hydrogens (primary N) is 1. The molecule has 0 saturated carbocycles. The van der Waals surface area contributed by atoms with E-state index in [1.165, 1.54) is 5.56 Å². The molecule has 0 aliphatic carbocycles. The molecule has 20 heavy (non-hydrogen) atoms. The van der Waals surface area contributed by atoms with Crippen LogP contribution >= 0.6 is 15.9 Å². The lowest BCUT2D eigenvalue weighted by atomic mass is 10.2. The lowest BCUT2D eigenvalue weighted by Crippen LogP contribution is -2.85. The van der Waals surface area contributed by atoms with Crippen LogP contribution in [0.25, 0.3) is 0 Å². The zero-order valence-electron chi connectivity index (χ0n) is 12.4. The first-order valence-electron chi connectivity index (χ1n) is 7.01. The van der Waals surface area contributed by atoms with Crippen LogP contribution in [0.1, 0.15) is 12.0 Å². The van der Waals surface area contributed by atoms with Crippen molar-refractivity contribution in [2.24, 2.45) is 0 Å². The summed E-state index contributed by atoms with van der Waals surface area (Å²) in [5.74, 6) is 0.866. The minimum absolute atomic E-state index is 0.575. The van der Waals surface area contributed by atoms with Gasteiger partial charge in [-0.3, -0.25) is 0 Å². The molecule has 0 heterocycles. The van der Waals surface area contributed by atoms with Gasteiger partial charge < -0.3 is 19.5 Å². The van der Waals surface area contributed by atoms with Crippen LogP contribution in [-0.2, 0) is 9.47 Å². The lowest BCUT2D eigenvalue weighted by Gasteiger charge is -2.09. The van der Waals surface area contributed by atoms with Gasteiger partial charge in [0.2, 0.25) is 0 Å². The molecule has 0 aromatic heterocycles. The molecule has 0 aliphatic heterocycles. The van der Waals surface area contributed by atoms with Gasteiger partial charge in [-0.15, -0.1) is 0 Å². The van der Waals surface area contributed by atoms with Gasteiger partial charge >= 0.3 is 0 Å². The highest BCUT2D eigenvalue weighted by Crippen LogP contribution is 2.25. The summed E-state index contributed by atoms with van der Waals surface area (Å²) in [4.78, 5) is 0. The van der Waals surface area contributed by atoms with Gasteiger partial charge in [0.25, 0.3) is 0 Å². The van der Waals surface area contributed by atoms with Crippen molar-refractivity contribution in [2.75, 3.05) is 46.6 Å². The summed E-state index contributed by atoms with van der Waals surface area (Å²) in [6.07, 6.45) is 1.08. The standard InChI is InChI=1S/C15H24BrNO3/c1-13-4-5-15(14(16)12-13)20-11-10-19-9-7-17-6-3-8-18-2/h4-5,12,17H,3,6-11H2,1-2H3/p+1. The van der Waals surface area contributed by atoms with Crippen molar-refractivity contribution in [3.63, 3.8) is 0 Å². The zero-order valence-corrected chi connectivity index (χ0v) is 13.9. The minimum atomic E-state index is 0.575. The van der Waals surface area contributed by atoms with Gasteiger partial charge in [0.05, 0.1) is 37.4 Å². The molecule has 1 rings (SSSR count). The first-order chi connectivity index (χ1) is 9.74. The fourth-order valence-corrected chi connectivity index (χ4v) is 2.33. The van der Waals surface area contributed by atoms with Crippen LogP contribution in [0, 0.1) is 6.92 Å². The van der Waals surface area contributed by atoms with E-state index in [-0.39, 0.29) is 0 Å². The quantitative estimate of drug-likeness (QED) is 0.621. The van der Waals surface area contributed by atoms with Crippen LogP contribution in [0.15, 0.2) is 22.7 Å². The van der Waals surface area contributed by atoms with Crippen molar-refractivity contribution in [3.05, 3.63) is 28.2 Å². The largest absolute Gasteiger partial charge is 0.490 e. The highest BCUT2D eigenvalue weighted by Gasteiger charge is 2.00. The molecule has 0 bridgehead atoms. The highest BCUT2D eigenvalue weighted by molar-refractivity contribution is 9.10. The van der Waals surface area contributed by atoms with Gasteiger partial charge in [-0.05, 0) is 40.5 Å². The van der Waals surface area contributed by atoms with Crippen LogP contribution in [0.2, 0.25) is 0 Å². The van der Waals surface area contributed by atoms with E-state index in [1.807, 2.05) is 18.2 Å². The monoisotopic (exact) mass is 346 g/mol. The Balaban J connectivity index is 1.97. The van der Waals surface area contributed by atoms with Crippen molar-refractivity contribution < 1.29 is 19.5 Å². The summed E-state index contributed by atoms with van der Waals surface area (Å²) in [5.41, 5.74) is 1.21. The number of hydrogen-bond acceptors (Lipinski definition) is 3. The summed E-state index contributed by atoms with van der Waals surface area (Å²) in [6.45, 7) is 6.91. The third-order valence-electron chi connectivity index (χ3n) is 2.80. The molecule has 0 radical (unpaired) electrons. The molecule has 1 aromatic rings. The summed E-state index contributed by atoms with van der Waals surface area (Å²) in [5, 5.41) is 2.25. The molecule has 1 aromatic carbocycles. The second kappa shape index (κ2) is 11.1. The molecule has 0 saturated heterocycles. The number of ether oxygens (including phenoxy) is 3. The van der Waals surface area contributed by atoms with E-state index >= 15 is 0 Å². The van der Waals surface area contributed by atoms with Gasteiger partial charge in [-0.2, -0.15) is 0 Å². The van der Waals surface area contributed by atoms with Crippen LogP contribution in [0.4, 0.5) is 0 Å². The molecule has 5 heteroatoms. The Morgan fingerprint density at radius 1 is 1.10 bits per heavy atom. The minimum Gasteiger partial charge on any atom is -0.490 e. The lowest BCUT2D eigenvalue weighted by molar-refractivity contribution is -0.656. The molecular formula is C15H25BrNO3+. The summed E-state index contributed by atoms with van der Waals surface area (Å²) >= 11 is 3.49. The fourth-order valence-electron chi connectivity index (χ4n) is 1.72. The maximum atomic E-state index is 5.65. The Morgan fingerprint density at radius 2 is 1.95 bits per heavy atom. The molecule has 0 amide bonds. The normalized spacial score (nSPS) is 10.8. The van der Waals surface area contributed by atoms with E-state index < -0.39 is 0 Å². The van der Waals surface area contributed by atoms with Crippen molar-refractivity contribution in [1.29, 1.82) is 0 Å². The molecule has 2 N–H and O–H groups in total. The number of rotatable bonds is 11. The van der Waals surface area contributed by atoms with E-state index in [4.69, 9.17) is 14.2 Å². The Labute approximate surface area is 129 Å². The predicted octanol–water partition coefficient (Wildman–Crippen LogP) is 1.75. The number of methoxy groups -OCH3 is 1. The zero-order chi connectivity index (χ0) is 14.6. The average molecular weight is 347 g/mol. The van der Waals surface area contributed by atoms with Crippen LogP contribution in [0.3, 0.4) is 0 Å². The number of halogens is 1. The van der Waals surface area contributed by atoms with Gasteiger partial charge in [0.1, 0.15) is 12.4 Å². The van der Waals surface area contributed by atoms with Crippen molar-refractivity contribution in [3.8, 4) is 5.75 Å². The Hall–Kier alpha value is -0.620. The van der Waals surface area contributed by atoms with Crippen molar-refractivity contribution in [1.82, 2.24) is 0 Å². The number of quaternary nitrogens is 1. The first kappa shape index (κ1) is 17.4. The van der Waals surface area contributed by atoms with E-state index in [0.29, 0.717) is 13.2 Å². The average Bonchev–Trinajstić information content (AvgIpc) is 2.43. The molecule has 4 nitrogen and oxygen atoms in total. The Kier molecular flexibility index (Phi) is 9.66. The van der Waals surface area contributed by atoms with Gasteiger partial charge in [-0.25, -0.2) is 0 Å². The number of hydrogen-bond donors (Lipinski definition) is 1. The summed E-state index contributed by atoms with van der Waals surface area (Å²) < 4.78 is 17.2. The molecule has 0 aliphatic rings. The smallest absolute Gasteiger partial charge is 0.133 e. The first-order valence-corrected chi connectivity index (χ1v) is 7.80. The number of aryl methyl sites for hydroxylation is 1. The molecule has 114 valence electrons. The summed E-state index contributed by atoms with van der Waals surface area (Å²) in [6, 6.07) is 6.06. The third-order valence-corrected chi connectivity index (χ3v) is 3.42. The van der Waals surface area contributed by atoms with Crippen LogP contribution in [0.5, 0.6) is 5.75 Å². The van der Waals surface area contributed by atoms with E-state index in [9.17, 15) is 0 Å². The van der Waals surface area contributed by atoms with Crippen LogP contribution < -0.4 is 10.1 Å². The Bertz CT molecular complexity index is 374. The fraction of sp³-hybridized carbons (Fsp3) is 0.600. The molecule has 0 unspecified atom stereocenters.